The van der Waals surface area contributed by atoms with Gasteiger partial charge in [-0.05, 0) is 170 Å². The van der Waals surface area contributed by atoms with Crippen molar-refractivity contribution in [2.45, 2.75) is 134 Å². The van der Waals surface area contributed by atoms with E-state index in [1.54, 1.807) is 0 Å². The first kappa shape index (κ1) is 46.0. The van der Waals surface area contributed by atoms with Gasteiger partial charge in [0.2, 0.25) is 0 Å². The molecule has 0 amide bonds. The van der Waals surface area contributed by atoms with Crippen molar-refractivity contribution in [3.05, 3.63) is 220 Å². The summed E-state index contributed by atoms with van der Waals surface area (Å²) in [7, 11) is 0. The van der Waals surface area contributed by atoms with Crippen LogP contribution in [0.4, 0.5) is 45.5 Å². The standard InChI is InChI=1S/C69H70BN3/c1-64(2,3)47-30-33-51(34-31-47)71-59-35-32-49(65(4,5)6)38-56(59)70-57-41-54-55(67(9,10)37-36-66(54,7)8)42-60(57)72(50-26-16-13-17-27-50)62-40-52(39-61(71)63(62)70)73-58-29-21-20-28-53(58)69(48-24-14-12-15-25-48)44-46-23-19-18-22-45(46)43-68(69,73)11/h12-35,38-42H,36-37,43-44H2,1-11H3. The Labute approximate surface area is 436 Å². The summed E-state index contributed by atoms with van der Waals surface area (Å²) in [5.74, 6) is 0. The highest BCUT2D eigenvalue weighted by Crippen LogP contribution is 2.63. The summed E-state index contributed by atoms with van der Waals surface area (Å²) in [6, 6.07) is 68.9. The Morgan fingerprint density at radius 1 is 0.411 bits per heavy atom. The molecule has 8 aromatic rings. The second kappa shape index (κ2) is 15.6. The maximum atomic E-state index is 2.80. The third-order valence-electron chi connectivity index (χ3n) is 18.5. The predicted molar refractivity (Wildman–Crippen MR) is 311 cm³/mol. The molecule has 0 saturated heterocycles. The number of nitrogens with zero attached hydrogens (tertiary/aromatic N) is 3. The van der Waals surface area contributed by atoms with Gasteiger partial charge in [0.25, 0.3) is 6.71 Å². The van der Waals surface area contributed by atoms with Crippen molar-refractivity contribution in [1.29, 1.82) is 0 Å². The molecule has 0 radical (unpaired) electrons. The van der Waals surface area contributed by atoms with Gasteiger partial charge < -0.3 is 14.7 Å². The SMILES string of the molecule is CC(C)(C)c1ccc(N2c3ccc(C(C)(C)C)cc3B3c4cc5c(cc4N(c4ccccc4)c4cc(N6c7ccccc7C7(c8ccccc8)Cc8ccccc8CC67C)cc2c43)C(C)(C)CCC5(C)C)cc1. The quantitative estimate of drug-likeness (QED) is 0.163. The van der Waals surface area contributed by atoms with Crippen LogP contribution in [0.1, 0.15) is 134 Å². The van der Waals surface area contributed by atoms with Crippen LogP contribution < -0.4 is 31.1 Å². The molecule has 0 N–H and O–H groups in total. The van der Waals surface area contributed by atoms with Crippen LogP contribution in [-0.2, 0) is 39.9 Å². The molecule has 364 valence electrons. The summed E-state index contributed by atoms with van der Waals surface area (Å²) in [5.41, 5.74) is 24.8. The van der Waals surface area contributed by atoms with E-state index in [9.17, 15) is 0 Å². The Morgan fingerprint density at radius 3 is 1.58 bits per heavy atom. The first-order valence-electron chi connectivity index (χ1n) is 27.1. The molecular formula is C69H70BN3. The zero-order chi connectivity index (χ0) is 50.6. The van der Waals surface area contributed by atoms with Gasteiger partial charge in [-0.15, -0.1) is 0 Å². The molecule has 3 heterocycles. The molecule has 0 bridgehead atoms. The van der Waals surface area contributed by atoms with E-state index in [0.717, 1.165) is 25.7 Å². The van der Waals surface area contributed by atoms with E-state index in [-0.39, 0.29) is 39.3 Å². The van der Waals surface area contributed by atoms with E-state index in [0.29, 0.717) is 0 Å². The molecule has 3 nitrogen and oxygen atoms in total. The fraction of sp³-hybridized carbons (Fsp3) is 0.304. The maximum absolute atomic E-state index is 2.80. The fourth-order valence-electron chi connectivity index (χ4n) is 14.5. The fourth-order valence-corrected chi connectivity index (χ4v) is 14.5. The minimum atomic E-state index is -0.376. The molecule has 4 heteroatoms. The number of hydrogen-bond donors (Lipinski definition) is 0. The van der Waals surface area contributed by atoms with Gasteiger partial charge in [-0.2, -0.15) is 0 Å². The highest BCUT2D eigenvalue weighted by molar-refractivity contribution is 7.00. The summed E-state index contributed by atoms with van der Waals surface area (Å²) < 4.78 is 0. The molecule has 2 unspecified atom stereocenters. The molecule has 0 spiro atoms. The number of benzene rings is 8. The van der Waals surface area contributed by atoms with Crippen LogP contribution >= 0.6 is 0 Å². The van der Waals surface area contributed by atoms with Gasteiger partial charge in [-0.1, -0.05) is 191 Å². The van der Waals surface area contributed by atoms with Crippen LogP contribution in [0.3, 0.4) is 0 Å². The van der Waals surface area contributed by atoms with Crippen LogP contribution in [0.15, 0.2) is 176 Å². The van der Waals surface area contributed by atoms with Crippen molar-refractivity contribution in [2.24, 2.45) is 0 Å². The third-order valence-corrected chi connectivity index (χ3v) is 18.5. The van der Waals surface area contributed by atoms with E-state index >= 15 is 0 Å². The molecule has 13 rings (SSSR count). The highest BCUT2D eigenvalue weighted by Gasteiger charge is 2.62. The van der Waals surface area contributed by atoms with Gasteiger partial charge in [0.15, 0.2) is 0 Å². The minimum absolute atomic E-state index is 0.00559. The Hall–Kier alpha value is -6.78. The monoisotopic (exact) mass is 952 g/mol. The molecule has 2 aliphatic carbocycles. The van der Waals surface area contributed by atoms with Gasteiger partial charge in [0.05, 0.1) is 5.54 Å². The summed E-state index contributed by atoms with van der Waals surface area (Å²) in [5, 5.41) is 0. The van der Waals surface area contributed by atoms with Gasteiger partial charge >= 0.3 is 0 Å². The van der Waals surface area contributed by atoms with Crippen molar-refractivity contribution < 1.29 is 0 Å². The Balaban J connectivity index is 1.17. The van der Waals surface area contributed by atoms with E-state index < -0.39 is 0 Å². The second-order valence-electron chi connectivity index (χ2n) is 25.9. The number of rotatable bonds is 4. The van der Waals surface area contributed by atoms with E-state index in [2.05, 4.69) is 267 Å². The molecule has 5 aliphatic rings. The molecule has 2 atom stereocenters. The van der Waals surface area contributed by atoms with Crippen molar-refractivity contribution in [3.8, 4) is 0 Å². The van der Waals surface area contributed by atoms with E-state index in [1.165, 1.54) is 106 Å². The number of anilines is 8. The van der Waals surface area contributed by atoms with Crippen LogP contribution in [0.5, 0.6) is 0 Å². The molecule has 0 fully saturated rings. The van der Waals surface area contributed by atoms with Gasteiger partial charge in [-0.3, -0.25) is 0 Å². The van der Waals surface area contributed by atoms with Crippen molar-refractivity contribution in [2.75, 3.05) is 14.7 Å². The summed E-state index contributed by atoms with van der Waals surface area (Å²) >= 11 is 0. The number of fused-ring (bicyclic) bond motifs is 9. The largest absolute Gasteiger partial charge is 0.334 e. The molecule has 3 aliphatic heterocycles. The van der Waals surface area contributed by atoms with E-state index in [1.807, 2.05) is 0 Å². The average Bonchev–Trinajstić information content (AvgIpc) is 3.63. The normalized spacial score (nSPS) is 20.8. The summed E-state index contributed by atoms with van der Waals surface area (Å²) in [6.45, 7) is 26.6. The predicted octanol–water partition coefficient (Wildman–Crippen LogP) is 15.7. The molecule has 8 aromatic carbocycles. The first-order chi connectivity index (χ1) is 34.8. The van der Waals surface area contributed by atoms with Crippen molar-refractivity contribution in [3.63, 3.8) is 0 Å². The van der Waals surface area contributed by atoms with Crippen LogP contribution in [0, 0.1) is 0 Å². The summed E-state index contributed by atoms with van der Waals surface area (Å²) in [4.78, 5) is 8.10. The topological polar surface area (TPSA) is 9.72 Å². The molecule has 0 saturated carbocycles. The van der Waals surface area contributed by atoms with Crippen LogP contribution in [0.2, 0.25) is 0 Å². The Kier molecular flexibility index (Phi) is 9.85. The highest BCUT2D eigenvalue weighted by atomic mass is 15.3. The number of para-hydroxylation sites is 2. The smallest absolute Gasteiger partial charge is 0.252 e. The minimum Gasteiger partial charge on any atom is -0.334 e. The molecule has 73 heavy (non-hydrogen) atoms. The number of hydrogen-bond acceptors (Lipinski definition) is 3. The van der Waals surface area contributed by atoms with Gasteiger partial charge in [-0.25, -0.2) is 0 Å². The lowest BCUT2D eigenvalue weighted by Crippen LogP contribution is -2.62. The zero-order valence-corrected chi connectivity index (χ0v) is 45.0. The zero-order valence-electron chi connectivity index (χ0n) is 45.0. The Morgan fingerprint density at radius 2 is 0.932 bits per heavy atom. The maximum Gasteiger partial charge on any atom is 0.252 e. The van der Waals surface area contributed by atoms with E-state index in [4.69, 9.17) is 0 Å². The van der Waals surface area contributed by atoms with Crippen molar-refractivity contribution in [1.82, 2.24) is 0 Å². The lowest BCUT2D eigenvalue weighted by Gasteiger charge is -2.53. The van der Waals surface area contributed by atoms with Crippen molar-refractivity contribution >= 4 is 68.6 Å². The lowest BCUT2D eigenvalue weighted by atomic mass is 9.33. The lowest BCUT2D eigenvalue weighted by molar-refractivity contribution is 0.281. The average molecular weight is 952 g/mol. The third kappa shape index (κ3) is 6.64. The van der Waals surface area contributed by atoms with Gasteiger partial charge in [0, 0.05) is 50.9 Å². The second-order valence-corrected chi connectivity index (χ2v) is 25.9. The summed E-state index contributed by atoms with van der Waals surface area (Å²) in [6.07, 6.45) is 4.15. The van der Waals surface area contributed by atoms with Crippen LogP contribution in [0.25, 0.3) is 0 Å². The van der Waals surface area contributed by atoms with Crippen LogP contribution in [-0.4, -0.2) is 12.3 Å². The molecular weight excluding hydrogens is 882 g/mol. The molecule has 0 aromatic heterocycles. The Bertz CT molecular complexity index is 3520. The first-order valence-corrected chi connectivity index (χ1v) is 27.1. The van der Waals surface area contributed by atoms with Gasteiger partial charge in [0.1, 0.15) is 0 Å².